The zero-order valence-electron chi connectivity index (χ0n) is 12.6. The smallest absolute Gasteiger partial charge is 0.311 e. The van der Waals surface area contributed by atoms with Gasteiger partial charge in [-0.15, -0.1) is 0 Å². The first-order valence-corrected chi connectivity index (χ1v) is 7.28. The molecule has 3 nitrogen and oxygen atoms in total. The van der Waals surface area contributed by atoms with E-state index < -0.39 is 18.0 Å². The number of aliphatic hydroxyl groups is 1. The van der Waals surface area contributed by atoms with Crippen molar-refractivity contribution in [2.75, 3.05) is 0 Å². The molecule has 0 aliphatic rings. The number of hydrogen-bond acceptors (Lipinski definition) is 3. The second-order valence-electron chi connectivity index (χ2n) is 5.14. The predicted molar refractivity (Wildman–Crippen MR) is 86.9 cm³/mol. The summed E-state index contributed by atoms with van der Waals surface area (Å²) in [5.74, 6) is -1.02. The van der Waals surface area contributed by atoms with E-state index in [-0.39, 0.29) is 6.61 Å². The van der Waals surface area contributed by atoms with Gasteiger partial charge in [0.1, 0.15) is 6.61 Å². The van der Waals surface area contributed by atoms with Crippen molar-refractivity contribution >= 4 is 12.0 Å². The Morgan fingerprint density at radius 3 is 2.32 bits per heavy atom. The summed E-state index contributed by atoms with van der Waals surface area (Å²) in [6, 6.07) is 19.1. The summed E-state index contributed by atoms with van der Waals surface area (Å²) < 4.78 is 5.23. The van der Waals surface area contributed by atoms with E-state index in [2.05, 4.69) is 0 Å². The summed E-state index contributed by atoms with van der Waals surface area (Å²) in [6.45, 7) is 1.88. The summed E-state index contributed by atoms with van der Waals surface area (Å²) in [6.07, 6.45) is 2.54. The summed E-state index contributed by atoms with van der Waals surface area (Å²) in [5, 5.41) is 10.1. The van der Waals surface area contributed by atoms with Gasteiger partial charge in [-0.25, -0.2) is 0 Å². The van der Waals surface area contributed by atoms with E-state index in [9.17, 15) is 9.90 Å². The number of aliphatic hydroxyl groups excluding tert-OH is 1. The maximum Gasteiger partial charge on any atom is 0.311 e. The Kier molecular flexibility index (Phi) is 5.92. The summed E-state index contributed by atoms with van der Waals surface area (Å²) in [7, 11) is 0. The Morgan fingerprint density at radius 1 is 1.09 bits per heavy atom. The van der Waals surface area contributed by atoms with E-state index >= 15 is 0 Å². The minimum absolute atomic E-state index is 0.221. The number of esters is 1. The van der Waals surface area contributed by atoms with Crippen LogP contribution in [0.4, 0.5) is 0 Å². The molecule has 114 valence electrons. The molecule has 0 fully saturated rings. The van der Waals surface area contributed by atoms with Gasteiger partial charge in [-0.3, -0.25) is 4.79 Å². The van der Waals surface area contributed by atoms with Gasteiger partial charge in [0.25, 0.3) is 0 Å². The predicted octanol–water partition coefficient (Wildman–Crippen LogP) is 3.44. The van der Waals surface area contributed by atoms with Crippen molar-refractivity contribution in [1.29, 1.82) is 0 Å². The molecule has 3 heteroatoms. The van der Waals surface area contributed by atoms with Gasteiger partial charge in [0.2, 0.25) is 0 Å². The lowest BCUT2D eigenvalue weighted by atomic mass is 10.0. The number of ether oxygens (including phenoxy) is 1. The quantitative estimate of drug-likeness (QED) is 0.831. The average Bonchev–Trinajstić information content (AvgIpc) is 2.58. The van der Waals surface area contributed by atoms with Gasteiger partial charge in [-0.2, -0.15) is 0 Å². The lowest BCUT2D eigenvalue weighted by molar-refractivity contribution is -0.152. The van der Waals surface area contributed by atoms with Crippen molar-refractivity contribution in [2.24, 2.45) is 5.92 Å². The van der Waals surface area contributed by atoms with Gasteiger partial charge in [0, 0.05) is 0 Å². The molecule has 0 radical (unpaired) electrons. The molecule has 0 unspecified atom stereocenters. The fourth-order valence-electron chi connectivity index (χ4n) is 1.94. The third kappa shape index (κ3) is 4.86. The fraction of sp³-hybridized carbons (Fsp3) is 0.211. The number of benzene rings is 2. The van der Waals surface area contributed by atoms with Gasteiger partial charge < -0.3 is 9.84 Å². The average molecular weight is 296 g/mol. The third-order valence-electron chi connectivity index (χ3n) is 3.39. The highest BCUT2D eigenvalue weighted by molar-refractivity contribution is 5.73. The minimum Gasteiger partial charge on any atom is -0.461 e. The van der Waals surface area contributed by atoms with Crippen molar-refractivity contribution in [2.45, 2.75) is 19.6 Å². The van der Waals surface area contributed by atoms with Crippen molar-refractivity contribution in [3.8, 4) is 0 Å². The first-order valence-electron chi connectivity index (χ1n) is 7.28. The van der Waals surface area contributed by atoms with Crippen molar-refractivity contribution in [1.82, 2.24) is 0 Å². The zero-order chi connectivity index (χ0) is 15.8. The standard InChI is InChI=1S/C19H20O3/c1-15(18(20)13-12-16-8-4-2-5-9-16)19(21)22-14-17-10-6-3-7-11-17/h2-13,15,18,20H,14H2,1H3/t15-,18+/m1/s1. The second-order valence-corrected chi connectivity index (χ2v) is 5.14. The Hall–Kier alpha value is -2.39. The molecule has 2 aromatic rings. The van der Waals surface area contributed by atoms with Crippen LogP contribution in [0.2, 0.25) is 0 Å². The molecule has 0 aliphatic carbocycles. The number of rotatable bonds is 6. The number of hydrogen-bond donors (Lipinski definition) is 1. The van der Waals surface area contributed by atoms with E-state index in [0.717, 1.165) is 11.1 Å². The van der Waals surface area contributed by atoms with Crippen LogP contribution in [-0.4, -0.2) is 17.2 Å². The molecule has 0 bridgehead atoms. The van der Waals surface area contributed by atoms with E-state index in [1.807, 2.05) is 60.7 Å². The van der Waals surface area contributed by atoms with Crippen LogP contribution in [0.5, 0.6) is 0 Å². The van der Waals surface area contributed by atoms with Gasteiger partial charge in [-0.05, 0) is 18.1 Å². The van der Waals surface area contributed by atoms with E-state index in [1.54, 1.807) is 19.1 Å². The van der Waals surface area contributed by atoms with E-state index in [1.165, 1.54) is 0 Å². The number of carbonyl (C=O) groups is 1. The maximum atomic E-state index is 12.0. The Balaban J connectivity index is 1.85. The number of carbonyl (C=O) groups excluding carboxylic acids is 1. The lowest BCUT2D eigenvalue weighted by Gasteiger charge is -2.14. The first kappa shape index (κ1) is 16.0. The Morgan fingerprint density at radius 2 is 1.68 bits per heavy atom. The highest BCUT2D eigenvalue weighted by atomic mass is 16.5. The van der Waals surface area contributed by atoms with Crippen LogP contribution in [0, 0.1) is 5.92 Å². The minimum atomic E-state index is -0.872. The SMILES string of the molecule is C[C@@H](C(=O)OCc1ccccc1)[C@@H](O)C=Cc1ccccc1. The monoisotopic (exact) mass is 296 g/mol. The molecule has 0 saturated heterocycles. The lowest BCUT2D eigenvalue weighted by Crippen LogP contribution is -2.25. The molecule has 0 amide bonds. The Labute approximate surface area is 130 Å². The van der Waals surface area contributed by atoms with Crippen molar-refractivity contribution in [3.63, 3.8) is 0 Å². The van der Waals surface area contributed by atoms with Crippen LogP contribution in [0.15, 0.2) is 66.7 Å². The summed E-state index contributed by atoms with van der Waals surface area (Å²) in [5.41, 5.74) is 1.91. The topological polar surface area (TPSA) is 46.5 Å². The summed E-state index contributed by atoms with van der Waals surface area (Å²) >= 11 is 0. The van der Waals surface area contributed by atoms with E-state index in [0.29, 0.717) is 0 Å². The third-order valence-corrected chi connectivity index (χ3v) is 3.39. The molecule has 1 N–H and O–H groups in total. The van der Waals surface area contributed by atoms with Crippen LogP contribution < -0.4 is 0 Å². The second kappa shape index (κ2) is 8.15. The molecule has 0 aliphatic heterocycles. The van der Waals surface area contributed by atoms with E-state index in [4.69, 9.17) is 4.74 Å². The normalized spacial score (nSPS) is 13.7. The molecule has 2 rings (SSSR count). The molecule has 0 spiro atoms. The van der Waals surface area contributed by atoms with Crippen molar-refractivity contribution in [3.05, 3.63) is 77.9 Å². The molecule has 22 heavy (non-hydrogen) atoms. The Bertz CT molecular complexity index is 605. The first-order chi connectivity index (χ1) is 10.7. The van der Waals surface area contributed by atoms with Gasteiger partial charge >= 0.3 is 5.97 Å². The molecule has 2 aromatic carbocycles. The van der Waals surface area contributed by atoms with Crippen molar-refractivity contribution < 1.29 is 14.6 Å². The fourth-order valence-corrected chi connectivity index (χ4v) is 1.94. The molecule has 0 heterocycles. The highest BCUT2D eigenvalue weighted by Crippen LogP contribution is 2.11. The molecular formula is C19H20O3. The largest absolute Gasteiger partial charge is 0.461 e. The molecule has 2 atom stereocenters. The van der Waals surface area contributed by atoms with Crippen LogP contribution in [-0.2, 0) is 16.1 Å². The van der Waals surface area contributed by atoms with Gasteiger partial charge in [-0.1, -0.05) is 72.8 Å². The zero-order valence-corrected chi connectivity index (χ0v) is 12.6. The highest BCUT2D eigenvalue weighted by Gasteiger charge is 2.21. The van der Waals surface area contributed by atoms with Crippen LogP contribution in [0.3, 0.4) is 0 Å². The molecular weight excluding hydrogens is 276 g/mol. The van der Waals surface area contributed by atoms with Crippen LogP contribution in [0.1, 0.15) is 18.1 Å². The van der Waals surface area contributed by atoms with Gasteiger partial charge in [0.15, 0.2) is 0 Å². The van der Waals surface area contributed by atoms with Gasteiger partial charge in [0.05, 0.1) is 12.0 Å². The molecule has 0 aromatic heterocycles. The van der Waals surface area contributed by atoms with Crippen LogP contribution >= 0.6 is 0 Å². The maximum absolute atomic E-state index is 12.0. The molecule has 0 saturated carbocycles. The van der Waals surface area contributed by atoms with Crippen LogP contribution in [0.25, 0.3) is 6.08 Å². The summed E-state index contributed by atoms with van der Waals surface area (Å²) in [4.78, 5) is 12.0.